The number of nitrogens with one attached hydrogen (secondary N) is 1. The van der Waals surface area contributed by atoms with Gasteiger partial charge in [-0.1, -0.05) is 104 Å². The third kappa shape index (κ3) is 7.58. The van der Waals surface area contributed by atoms with Gasteiger partial charge in [0.1, 0.15) is 6.04 Å². The normalized spacial score (nSPS) is 12.0. The smallest absolute Gasteiger partial charge is 0.242 e. The van der Waals surface area contributed by atoms with Gasteiger partial charge < -0.3 is 10.2 Å². The van der Waals surface area contributed by atoms with E-state index in [9.17, 15) is 9.59 Å². The van der Waals surface area contributed by atoms with Gasteiger partial charge in [0.05, 0.1) is 10.0 Å². The fraction of sp³-hybridized carbons (Fsp3) is 0.310. The van der Waals surface area contributed by atoms with Crippen molar-refractivity contribution in [1.82, 2.24) is 10.2 Å². The van der Waals surface area contributed by atoms with Gasteiger partial charge in [-0.05, 0) is 41.7 Å². The molecule has 1 atom stereocenters. The van der Waals surface area contributed by atoms with Crippen molar-refractivity contribution in [2.45, 2.75) is 45.7 Å². The molecule has 3 aromatic rings. The minimum Gasteiger partial charge on any atom is -0.354 e. The molecule has 3 aromatic carbocycles. The summed E-state index contributed by atoms with van der Waals surface area (Å²) in [4.78, 5) is 28.4. The Morgan fingerprint density at radius 3 is 1.91 bits per heavy atom. The molecule has 0 fully saturated rings. The number of halogens is 2. The van der Waals surface area contributed by atoms with Crippen LogP contribution in [-0.2, 0) is 16.1 Å². The summed E-state index contributed by atoms with van der Waals surface area (Å²) in [5.74, 6) is -0.109. The predicted molar refractivity (Wildman–Crippen MR) is 144 cm³/mol. The summed E-state index contributed by atoms with van der Waals surface area (Å²) >= 11 is 12.3. The van der Waals surface area contributed by atoms with Crippen molar-refractivity contribution in [2.24, 2.45) is 5.92 Å². The minimum atomic E-state index is -0.650. The molecule has 0 aliphatic heterocycles. The number of rotatable bonds is 10. The van der Waals surface area contributed by atoms with Crippen LogP contribution in [0, 0.1) is 5.92 Å². The Hall–Kier alpha value is -2.82. The Morgan fingerprint density at radius 2 is 1.40 bits per heavy atom. The van der Waals surface area contributed by atoms with Gasteiger partial charge in [-0.2, -0.15) is 0 Å². The molecule has 6 heteroatoms. The maximum absolute atomic E-state index is 13.8. The zero-order valence-corrected chi connectivity index (χ0v) is 21.9. The molecule has 0 saturated heterocycles. The van der Waals surface area contributed by atoms with Crippen molar-refractivity contribution in [3.63, 3.8) is 0 Å². The molecule has 0 spiro atoms. The van der Waals surface area contributed by atoms with Crippen LogP contribution in [0.5, 0.6) is 0 Å². The maximum atomic E-state index is 13.8. The van der Waals surface area contributed by atoms with Crippen LogP contribution in [-0.4, -0.2) is 29.3 Å². The van der Waals surface area contributed by atoms with Gasteiger partial charge in [-0.25, -0.2) is 0 Å². The van der Waals surface area contributed by atoms with Crippen LogP contribution < -0.4 is 5.32 Å². The molecule has 0 radical (unpaired) electrons. The van der Waals surface area contributed by atoms with Crippen LogP contribution in [0.3, 0.4) is 0 Å². The van der Waals surface area contributed by atoms with Gasteiger partial charge in [-0.15, -0.1) is 0 Å². The molecule has 0 saturated carbocycles. The van der Waals surface area contributed by atoms with Gasteiger partial charge in [0.2, 0.25) is 11.8 Å². The highest BCUT2D eigenvalue weighted by Crippen LogP contribution is 2.30. The lowest BCUT2D eigenvalue weighted by Crippen LogP contribution is -2.48. The minimum absolute atomic E-state index is 0.110. The van der Waals surface area contributed by atoms with E-state index in [4.69, 9.17) is 23.2 Å². The summed E-state index contributed by atoms with van der Waals surface area (Å²) in [6.45, 7) is 6.64. The first-order chi connectivity index (χ1) is 16.8. The molecule has 184 valence electrons. The van der Waals surface area contributed by atoms with Crippen molar-refractivity contribution < 1.29 is 9.59 Å². The molecule has 3 rings (SSSR count). The molecular formula is C29H32Cl2N2O2. The standard InChI is InChI=1S/C29H32Cl2N2O2/c1-20(2)18-32-29(35)21(3)33(19-22-14-15-26(30)27(31)16-22)28(34)17-25(23-10-6-4-7-11-23)24-12-8-5-9-13-24/h4-16,20-21,25H,17-19H2,1-3H3,(H,32,35)/t21-/m0/s1. The van der Waals surface area contributed by atoms with E-state index in [0.29, 0.717) is 22.5 Å². The van der Waals surface area contributed by atoms with E-state index in [-0.39, 0.29) is 30.7 Å². The number of nitrogens with zero attached hydrogens (tertiary/aromatic N) is 1. The Bertz CT molecular complexity index is 1080. The van der Waals surface area contributed by atoms with Crippen LogP contribution in [0.2, 0.25) is 10.0 Å². The van der Waals surface area contributed by atoms with E-state index in [0.717, 1.165) is 16.7 Å². The van der Waals surface area contributed by atoms with Gasteiger partial charge in [0, 0.05) is 25.4 Å². The summed E-state index contributed by atoms with van der Waals surface area (Å²) < 4.78 is 0. The third-order valence-electron chi connectivity index (χ3n) is 5.97. The largest absolute Gasteiger partial charge is 0.354 e. The second-order valence-electron chi connectivity index (χ2n) is 9.16. The van der Waals surface area contributed by atoms with E-state index in [2.05, 4.69) is 5.32 Å². The molecule has 0 aliphatic rings. The summed E-state index contributed by atoms with van der Waals surface area (Å²) in [6, 6.07) is 24.6. The summed E-state index contributed by atoms with van der Waals surface area (Å²) in [5, 5.41) is 3.83. The second kappa shape index (κ2) is 12.8. The molecule has 0 heterocycles. The van der Waals surface area contributed by atoms with Crippen molar-refractivity contribution >= 4 is 35.0 Å². The Balaban J connectivity index is 1.91. The summed E-state index contributed by atoms with van der Waals surface area (Å²) in [7, 11) is 0. The van der Waals surface area contributed by atoms with Gasteiger partial charge >= 0.3 is 0 Å². The number of amides is 2. The molecule has 35 heavy (non-hydrogen) atoms. The highest BCUT2D eigenvalue weighted by Gasteiger charge is 2.29. The highest BCUT2D eigenvalue weighted by molar-refractivity contribution is 6.42. The Morgan fingerprint density at radius 1 is 0.829 bits per heavy atom. The SMILES string of the molecule is CC(C)CNC(=O)[C@H](C)N(Cc1ccc(Cl)c(Cl)c1)C(=O)CC(c1ccccc1)c1ccccc1. The van der Waals surface area contributed by atoms with Gasteiger partial charge in [0.15, 0.2) is 0 Å². The van der Waals surface area contributed by atoms with Crippen LogP contribution in [0.15, 0.2) is 78.9 Å². The number of hydrogen-bond acceptors (Lipinski definition) is 2. The average Bonchev–Trinajstić information content (AvgIpc) is 2.86. The topological polar surface area (TPSA) is 49.4 Å². The van der Waals surface area contributed by atoms with E-state index in [1.165, 1.54) is 0 Å². The van der Waals surface area contributed by atoms with E-state index >= 15 is 0 Å². The predicted octanol–water partition coefficient (Wildman–Crippen LogP) is 6.70. The first-order valence-corrected chi connectivity index (χ1v) is 12.6. The van der Waals surface area contributed by atoms with Gasteiger partial charge in [0.25, 0.3) is 0 Å². The van der Waals surface area contributed by atoms with Crippen molar-refractivity contribution in [3.8, 4) is 0 Å². The number of carbonyl (C=O) groups is 2. The summed E-state index contributed by atoms with van der Waals surface area (Å²) in [5.41, 5.74) is 2.92. The number of benzene rings is 3. The lowest BCUT2D eigenvalue weighted by atomic mass is 9.88. The summed E-state index contributed by atoms with van der Waals surface area (Å²) in [6.07, 6.45) is 0.233. The maximum Gasteiger partial charge on any atom is 0.242 e. The number of hydrogen-bond donors (Lipinski definition) is 1. The molecule has 0 aromatic heterocycles. The quantitative estimate of drug-likeness (QED) is 0.329. The van der Waals surface area contributed by atoms with E-state index in [1.807, 2.05) is 80.6 Å². The van der Waals surface area contributed by atoms with Crippen molar-refractivity contribution in [1.29, 1.82) is 0 Å². The molecule has 0 unspecified atom stereocenters. The fourth-order valence-corrected chi connectivity index (χ4v) is 4.28. The van der Waals surface area contributed by atoms with Crippen LogP contribution >= 0.6 is 23.2 Å². The highest BCUT2D eigenvalue weighted by atomic mass is 35.5. The zero-order valence-electron chi connectivity index (χ0n) is 20.4. The molecule has 2 amide bonds. The second-order valence-corrected chi connectivity index (χ2v) is 9.98. The third-order valence-corrected chi connectivity index (χ3v) is 6.71. The lowest BCUT2D eigenvalue weighted by Gasteiger charge is -2.31. The monoisotopic (exact) mass is 510 g/mol. The molecule has 0 aliphatic carbocycles. The molecular weight excluding hydrogens is 479 g/mol. The van der Waals surface area contributed by atoms with E-state index < -0.39 is 6.04 Å². The lowest BCUT2D eigenvalue weighted by molar-refractivity contribution is -0.140. The Kier molecular flexibility index (Phi) is 9.76. The molecule has 1 N–H and O–H groups in total. The van der Waals surface area contributed by atoms with Crippen LogP contribution in [0.1, 0.15) is 49.8 Å². The number of carbonyl (C=O) groups excluding carboxylic acids is 2. The first kappa shape index (κ1) is 26.8. The van der Waals surface area contributed by atoms with Crippen LogP contribution in [0.25, 0.3) is 0 Å². The average molecular weight is 511 g/mol. The van der Waals surface area contributed by atoms with Crippen molar-refractivity contribution in [3.05, 3.63) is 106 Å². The molecule has 0 bridgehead atoms. The zero-order chi connectivity index (χ0) is 25.4. The first-order valence-electron chi connectivity index (χ1n) is 11.9. The fourth-order valence-electron chi connectivity index (χ4n) is 3.96. The molecule has 4 nitrogen and oxygen atoms in total. The van der Waals surface area contributed by atoms with Crippen molar-refractivity contribution in [2.75, 3.05) is 6.54 Å². The Labute approximate surface area is 218 Å². The van der Waals surface area contributed by atoms with Crippen LogP contribution in [0.4, 0.5) is 0 Å². The van der Waals surface area contributed by atoms with E-state index in [1.54, 1.807) is 24.0 Å². The van der Waals surface area contributed by atoms with Gasteiger partial charge in [-0.3, -0.25) is 9.59 Å².